The predicted octanol–water partition coefficient (Wildman–Crippen LogP) is 6.66. The molecule has 0 bridgehead atoms. The molecule has 2 heterocycles. The minimum Gasteiger partial charge on any atom is -0.385 e. The summed E-state index contributed by atoms with van der Waals surface area (Å²) < 4.78 is 0. The fraction of sp³-hybridized carbons (Fsp3) is 0.538. The molecule has 0 radical (unpaired) electrons. The highest BCUT2D eigenvalue weighted by molar-refractivity contribution is 5.61. The van der Waals surface area contributed by atoms with Crippen LogP contribution in [0, 0.1) is 5.92 Å². The van der Waals surface area contributed by atoms with Crippen molar-refractivity contribution in [2.24, 2.45) is 5.92 Å². The third-order valence-corrected chi connectivity index (χ3v) is 7.06. The Hall–Kier alpha value is -1.96. The van der Waals surface area contributed by atoms with E-state index in [-0.39, 0.29) is 10.8 Å². The summed E-state index contributed by atoms with van der Waals surface area (Å²) in [4.78, 5) is 0. The van der Waals surface area contributed by atoms with Crippen LogP contribution in [0.1, 0.15) is 82.6 Å². The third kappa shape index (κ3) is 3.32. The topological polar surface area (TPSA) is 24.1 Å². The summed E-state index contributed by atoms with van der Waals surface area (Å²) in [5, 5.41) is 7.19. The molecular formula is C26H36N2. The van der Waals surface area contributed by atoms with Crippen molar-refractivity contribution in [3.8, 4) is 0 Å². The van der Waals surface area contributed by atoms with E-state index in [1.807, 2.05) is 0 Å². The predicted molar refractivity (Wildman–Crippen MR) is 122 cm³/mol. The molecule has 2 aromatic rings. The summed E-state index contributed by atoms with van der Waals surface area (Å²) in [6, 6.07) is 14.3. The minimum absolute atomic E-state index is 0.236. The monoisotopic (exact) mass is 376 g/mol. The molecular weight excluding hydrogens is 340 g/mol. The van der Waals surface area contributed by atoms with Gasteiger partial charge in [-0.2, -0.15) is 0 Å². The summed E-state index contributed by atoms with van der Waals surface area (Å²) in [5.74, 6) is 0.974. The van der Waals surface area contributed by atoms with Crippen LogP contribution in [0.3, 0.4) is 0 Å². The first-order valence-corrected chi connectivity index (χ1v) is 11.0. The maximum Gasteiger partial charge on any atom is 0.0378 e. The van der Waals surface area contributed by atoms with E-state index in [0.29, 0.717) is 11.8 Å². The van der Waals surface area contributed by atoms with Crippen LogP contribution >= 0.6 is 0 Å². The van der Waals surface area contributed by atoms with Gasteiger partial charge in [-0.1, -0.05) is 65.8 Å². The molecule has 150 valence electrons. The Morgan fingerprint density at radius 2 is 1.14 bits per heavy atom. The van der Waals surface area contributed by atoms with Gasteiger partial charge in [0.15, 0.2) is 0 Å². The molecule has 0 atom stereocenters. The molecule has 0 aliphatic carbocycles. The second kappa shape index (κ2) is 6.83. The number of benzene rings is 2. The van der Waals surface area contributed by atoms with E-state index in [1.165, 1.54) is 46.5 Å². The van der Waals surface area contributed by atoms with E-state index in [4.69, 9.17) is 0 Å². The second-order valence-corrected chi connectivity index (χ2v) is 10.5. The maximum atomic E-state index is 3.60. The van der Waals surface area contributed by atoms with Crippen LogP contribution in [0.4, 0.5) is 11.4 Å². The number of hydrogen-bond acceptors (Lipinski definition) is 2. The molecule has 0 unspecified atom stereocenters. The summed E-state index contributed by atoms with van der Waals surface area (Å²) >= 11 is 0. The van der Waals surface area contributed by atoms with Gasteiger partial charge in [-0.25, -0.2) is 0 Å². The van der Waals surface area contributed by atoms with E-state index < -0.39 is 0 Å². The van der Waals surface area contributed by atoms with E-state index >= 15 is 0 Å². The van der Waals surface area contributed by atoms with E-state index in [2.05, 4.69) is 88.6 Å². The Morgan fingerprint density at radius 1 is 0.714 bits per heavy atom. The highest BCUT2D eigenvalue weighted by Crippen LogP contribution is 2.43. The highest BCUT2D eigenvalue weighted by atomic mass is 14.9. The highest BCUT2D eigenvalue weighted by Gasteiger charge is 2.31. The third-order valence-electron chi connectivity index (χ3n) is 7.06. The Labute approximate surface area is 171 Å². The molecule has 2 aliphatic rings. The molecule has 0 fully saturated rings. The average Bonchev–Trinajstić information content (AvgIpc) is 2.62. The van der Waals surface area contributed by atoms with Gasteiger partial charge < -0.3 is 10.6 Å². The first-order chi connectivity index (χ1) is 13.2. The van der Waals surface area contributed by atoms with Crippen LogP contribution in [0.2, 0.25) is 0 Å². The Kier molecular flexibility index (Phi) is 4.72. The zero-order valence-corrected chi connectivity index (χ0v) is 18.4. The standard InChI is InChI=1S/C26H36N2/c1-17(2)24(18-7-9-22-20(15-18)25(3,4)11-13-27-22)19-8-10-23-21(16-19)26(5,6)12-14-28-23/h7-10,15-17,24,27-28H,11-14H2,1-6H3. The van der Waals surface area contributed by atoms with Crippen molar-refractivity contribution in [1.82, 2.24) is 0 Å². The molecule has 2 aromatic carbocycles. The minimum atomic E-state index is 0.236. The lowest BCUT2D eigenvalue weighted by Crippen LogP contribution is -2.29. The van der Waals surface area contributed by atoms with Crippen LogP contribution in [-0.4, -0.2) is 13.1 Å². The molecule has 0 aromatic heterocycles. The molecule has 0 saturated heterocycles. The number of anilines is 2. The van der Waals surface area contributed by atoms with Gasteiger partial charge in [-0.3, -0.25) is 0 Å². The summed E-state index contributed by atoms with van der Waals surface area (Å²) in [6.45, 7) is 16.4. The quantitative estimate of drug-likeness (QED) is 0.626. The van der Waals surface area contributed by atoms with E-state index in [1.54, 1.807) is 0 Å². The smallest absolute Gasteiger partial charge is 0.0378 e. The van der Waals surface area contributed by atoms with Crippen LogP contribution in [0.25, 0.3) is 0 Å². The normalized spacial score (nSPS) is 19.6. The van der Waals surface area contributed by atoms with Crippen LogP contribution in [0.5, 0.6) is 0 Å². The number of rotatable bonds is 3. The lowest BCUT2D eigenvalue weighted by atomic mass is 9.73. The zero-order valence-electron chi connectivity index (χ0n) is 18.4. The van der Waals surface area contributed by atoms with E-state index in [9.17, 15) is 0 Å². The van der Waals surface area contributed by atoms with Gasteiger partial charge in [-0.05, 0) is 64.0 Å². The van der Waals surface area contributed by atoms with Crippen molar-refractivity contribution >= 4 is 11.4 Å². The molecule has 28 heavy (non-hydrogen) atoms. The largest absolute Gasteiger partial charge is 0.385 e. The van der Waals surface area contributed by atoms with Gasteiger partial charge in [0.1, 0.15) is 0 Å². The SMILES string of the molecule is CC(C)C(c1ccc2c(c1)C(C)(C)CCN2)c1ccc2c(c1)C(C)(C)CCN2. The zero-order chi connectivity index (χ0) is 20.1. The van der Waals surface area contributed by atoms with Crippen molar-refractivity contribution in [2.75, 3.05) is 23.7 Å². The second-order valence-electron chi connectivity index (χ2n) is 10.5. The fourth-order valence-electron chi connectivity index (χ4n) is 5.19. The van der Waals surface area contributed by atoms with Gasteiger partial charge in [0, 0.05) is 30.4 Å². The Morgan fingerprint density at radius 3 is 1.54 bits per heavy atom. The van der Waals surface area contributed by atoms with E-state index in [0.717, 1.165) is 13.1 Å². The lowest BCUT2D eigenvalue weighted by molar-refractivity contribution is 0.477. The summed E-state index contributed by atoms with van der Waals surface area (Å²) in [5.41, 5.74) is 8.96. The fourth-order valence-corrected chi connectivity index (χ4v) is 5.19. The molecule has 2 heteroatoms. The van der Waals surface area contributed by atoms with Crippen LogP contribution in [0.15, 0.2) is 36.4 Å². The van der Waals surface area contributed by atoms with Crippen molar-refractivity contribution in [3.05, 3.63) is 58.7 Å². The Balaban J connectivity index is 1.79. The summed E-state index contributed by atoms with van der Waals surface area (Å²) in [7, 11) is 0. The molecule has 0 saturated carbocycles. The molecule has 0 amide bonds. The lowest BCUT2D eigenvalue weighted by Gasteiger charge is -2.36. The first kappa shape index (κ1) is 19.4. The Bertz CT molecular complexity index is 806. The first-order valence-electron chi connectivity index (χ1n) is 11.0. The van der Waals surface area contributed by atoms with Crippen LogP contribution in [-0.2, 0) is 10.8 Å². The van der Waals surface area contributed by atoms with Crippen molar-refractivity contribution in [2.45, 2.75) is 71.1 Å². The van der Waals surface area contributed by atoms with Crippen molar-refractivity contribution < 1.29 is 0 Å². The summed E-state index contributed by atoms with van der Waals surface area (Å²) in [6.07, 6.45) is 2.38. The van der Waals surface area contributed by atoms with Gasteiger partial charge >= 0.3 is 0 Å². The molecule has 0 spiro atoms. The van der Waals surface area contributed by atoms with Crippen LogP contribution < -0.4 is 10.6 Å². The van der Waals surface area contributed by atoms with Crippen molar-refractivity contribution in [1.29, 1.82) is 0 Å². The van der Waals surface area contributed by atoms with Gasteiger partial charge in [0.05, 0.1) is 0 Å². The molecule has 4 rings (SSSR count). The number of hydrogen-bond donors (Lipinski definition) is 2. The number of nitrogens with one attached hydrogen (secondary N) is 2. The molecule has 2 N–H and O–H groups in total. The van der Waals surface area contributed by atoms with Gasteiger partial charge in [-0.15, -0.1) is 0 Å². The average molecular weight is 377 g/mol. The van der Waals surface area contributed by atoms with Gasteiger partial charge in [0.2, 0.25) is 0 Å². The van der Waals surface area contributed by atoms with Gasteiger partial charge in [0.25, 0.3) is 0 Å². The maximum absolute atomic E-state index is 3.60. The molecule has 2 nitrogen and oxygen atoms in total. The van der Waals surface area contributed by atoms with Crippen molar-refractivity contribution in [3.63, 3.8) is 0 Å². The molecule has 2 aliphatic heterocycles. The number of fused-ring (bicyclic) bond motifs is 2.